The van der Waals surface area contributed by atoms with Crippen molar-refractivity contribution in [2.45, 2.75) is 23.0 Å². The van der Waals surface area contributed by atoms with Crippen LogP contribution in [0.1, 0.15) is 18.4 Å². The predicted molar refractivity (Wildman–Crippen MR) is 107 cm³/mol. The SMILES string of the molecule is CCOC[C@]1(C(N)=S)[C@H](c2cccc(Cl)c2)[C@H]1S(=O)(=O)c1ccccc1. The Kier molecular flexibility index (Phi) is 5.40. The molecule has 0 radical (unpaired) electrons. The lowest BCUT2D eigenvalue weighted by molar-refractivity contribution is 0.121. The van der Waals surface area contributed by atoms with E-state index in [0.29, 0.717) is 11.6 Å². The number of sulfone groups is 1. The maximum atomic E-state index is 13.3. The molecule has 0 bridgehead atoms. The maximum absolute atomic E-state index is 13.3. The molecule has 0 unspecified atom stereocenters. The minimum Gasteiger partial charge on any atom is -0.393 e. The monoisotopic (exact) mass is 409 g/mol. The average Bonchev–Trinajstić information content (AvgIpc) is 3.32. The van der Waals surface area contributed by atoms with Crippen molar-refractivity contribution in [3.63, 3.8) is 0 Å². The summed E-state index contributed by atoms with van der Waals surface area (Å²) in [5.41, 5.74) is 5.92. The molecule has 3 atom stereocenters. The lowest BCUT2D eigenvalue weighted by atomic mass is 10.00. The molecular weight excluding hydrogens is 390 g/mol. The molecule has 3 rings (SSSR count). The summed E-state index contributed by atoms with van der Waals surface area (Å²) in [6.07, 6.45) is 0. The average molecular weight is 410 g/mol. The van der Waals surface area contributed by atoms with Crippen LogP contribution in [0.4, 0.5) is 0 Å². The van der Waals surface area contributed by atoms with E-state index in [1.54, 1.807) is 48.5 Å². The fourth-order valence-corrected chi connectivity index (χ4v) is 6.59. The van der Waals surface area contributed by atoms with E-state index in [1.165, 1.54) is 0 Å². The lowest BCUT2D eigenvalue weighted by Gasteiger charge is -2.17. The molecule has 2 aromatic carbocycles. The van der Waals surface area contributed by atoms with E-state index in [4.69, 9.17) is 34.3 Å². The Balaban J connectivity index is 2.12. The second kappa shape index (κ2) is 7.27. The summed E-state index contributed by atoms with van der Waals surface area (Å²) in [5.74, 6) is -0.393. The van der Waals surface area contributed by atoms with Crippen LogP contribution in [-0.2, 0) is 14.6 Å². The summed E-state index contributed by atoms with van der Waals surface area (Å²) in [5, 5.41) is -0.238. The van der Waals surface area contributed by atoms with Crippen LogP contribution in [0.5, 0.6) is 0 Å². The van der Waals surface area contributed by atoms with Crippen molar-refractivity contribution in [3.05, 3.63) is 65.2 Å². The second-order valence-corrected chi connectivity index (χ2v) is 9.30. The van der Waals surface area contributed by atoms with Gasteiger partial charge in [-0.25, -0.2) is 8.42 Å². The molecule has 1 aliphatic rings. The van der Waals surface area contributed by atoms with Gasteiger partial charge in [0, 0.05) is 17.5 Å². The van der Waals surface area contributed by atoms with Crippen LogP contribution < -0.4 is 5.73 Å². The molecule has 26 heavy (non-hydrogen) atoms. The second-order valence-electron chi connectivity index (χ2n) is 6.35. The van der Waals surface area contributed by atoms with E-state index in [2.05, 4.69) is 0 Å². The van der Waals surface area contributed by atoms with Crippen molar-refractivity contribution >= 4 is 38.6 Å². The van der Waals surface area contributed by atoms with Gasteiger partial charge < -0.3 is 10.5 Å². The first-order valence-electron chi connectivity index (χ1n) is 8.27. The zero-order valence-corrected chi connectivity index (χ0v) is 16.7. The predicted octanol–water partition coefficient (Wildman–Crippen LogP) is 3.59. The molecule has 138 valence electrons. The van der Waals surface area contributed by atoms with Crippen LogP contribution in [0.3, 0.4) is 0 Å². The van der Waals surface area contributed by atoms with Crippen LogP contribution >= 0.6 is 23.8 Å². The summed E-state index contributed by atoms with van der Waals surface area (Å²) >= 11 is 11.4. The molecular formula is C19H20ClNO3S2. The van der Waals surface area contributed by atoms with Crippen LogP contribution in [0, 0.1) is 5.41 Å². The summed E-state index contributed by atoms with van der Waals surface area (Å²) in [6, 6.07) is 15.5. The zero-order chi connectivity index (χ0) is 18.9. The van der Waals surface area contributed by atoms with Gasteiger partial charge in [0.2, 0.25) is 0 Å². The first kappa shape index (κ1) is 19.3. The number of halogens is 1. The van der Waals surface area contributed by atoms with Gasteiger partial charge in [-0.15, -0.1) is 0 Å². The quantitative estimate of drug-likeness (QED) is 0.707. The van der Waals surface area contributed by atoms with E-state index in [-0.39, 0.29) is 16.5 Å². The summed E-state index contributed by atoms with van der Waals surface area (Å²) in [6.45, 7) is 2.46. The summed E-state index contributed by atoms with van der Waals surface area (Å²) in [4.78, 5) is 0.409. The normalized spacial score (nSPS) is 25.0. The fourth-order valence-electron chi connectivity index (χ4n) is 3.60. The van der Waals surface area contributed by atoms with Gasteiger partial charge in [0.1, 0.15) is 0 Å². The third-order valence-electron chi connectivity index (χ3n) is 4.87. The topological polar surface area (TPSA) is 69.4 Å². The summed E-state index contributed by atoms with van der Waals surface area (Å²) < 4.78 is 32.3. The molecule has 7 heteroatoms. The van der Waals surface area contributed by atoms with Crippen LogP contribution in [-0.4, -0.2) is 31.9 Å². The highest BCUT2D eigenvalue weighted by atomic mass is 35.5. The molecule has 0 amide bonds. The van der Waals surface area contributed by atoms with Gasteiger partial charge in [-0.1, -0.05) is 54.2 Å². The highest BCUT2D eigenvalue weighted by Gasteiger charge is 2.73. The minimum absolute atomic E-state index is 0.153. The Bertz CT molecular complexity index is 917. The van der Waals surface area contributed by atoms with Gasteiger partial charge in [-0.05, 0) is 36.8 Å². The number of thiocarbonyl (C=S) groups is 1. The van der Waals surface area contributed by atoms with Crippen molar-refractivity contribution < 1.29 is 13.2 Å². The van der Waals surface area contributed by atoms with Crippen molar-refractivity contribution in [2.24, 2.45) is 11.1 Å². The highest BCUT2D eigenvalue weighted by molar-refractivity contribution is 7.92. The first-order chi connectivity index (χ1) is 12.4. The molecule has 1 fully saturated rings. The van der Waals surface area contributed by atoms with Crippen LogP contribution in [0.2, 0.25) is 5.02 Å². The third kappa shape index (κ3) is 3.16. The van der Waals surface area contributed by atoms with Gasteiger partial charge in [0.05, 0.1) is 27.2 Å². The van der Waals surface area contributed by atoms with E-state index < -0.39 is 26.4 Å². The highest BCUT2D eigenvalue weighted by Crippen LogP contribution is 2.64. The zero-order valence-electron chi connectivity index (χ0n) is 14.3. The van der Waals surface area contributed by atoms with Crippen molar-refractivity contribution in [1.29, 1.82) is 0 Å². The van der Waals surface area contributed by atoms with E-state index in [0.717, 1.165) is 5.56 Å². The molecule has 2 aromatic rings. The maximum Gasteiger partial charge on any atom is 0.182 e. The third-order valence-corrected chi connectivity index (χ3v) is 7.78. The molecule has 2 N–H and O–H groups in total. The molecule has 0 spiro atoms. The van der Waals surface area contributed by atoms with Crippen molar-refractivity contribution in [3.8, 4) is 0 Å². The number of hydrogen-bond acceptors (Lipinski definition) is 4. The Morgan fingerprint density at radius 1 is 1.23 bits per heavy atom. The van der Waals surface area contributed by atoms with Gasteiger partial charge in [0.15, 0.2) is 9.84 Å². The molecule has 0 saturated heterocycles. The smallest absolute Gasteiger partial charge is 0.182 e. The van der Waals surface area contributed by atoms with E-state index in [9.17, 15) is 8.42 Å². The number of hydrogen-bond donors (Lipinski definition) is 1. The number of nitrogens with two attached hydrogens (primary N) is 1. The van der Waals surface area contributed by atoms with Gasteiger partial charge in [-0.2, -0.15) is 0 Å². The largest absolute Gasteiger partial charge is 0.393 e. The standard InChI is InChI=1S/C19H20ClNO3S2/c1-2-24-12-19(18(21)25)16(13-7-6-8-14(20)11-13)17(19)26(22,23)15-9-4-3-5-10-15/h3-11,16-17H,2,12H2,1H3,(H2,21,25)/t16-,17-,19+/m1/s1. The van der Waals surface area contributed by atoms with Crippen molar-refractivity contribution in [1.82, 2.24) is 0 Å². The number of rotatable bonds is 7. The number of benzene rings is 2. The van der Waals surface area contributed by atoms with E-state index >= 15 is 0 Å². The van der Waals surface area contributed by atoms with Crippen LogP contribution in [0.25, 0.3) is 0 Å². The fraction of sp³-hybridized carbons (Fsp3) is 0.316. The number of ether oxygens (including phenoxy) is 1. The van der Waals surface area contributed by atoms with Gasteiger partial charge in [0.25, 0.3) is 0 Å². The molecule has 0 aliphatic heterocycles. The van der Waals surface area contributed by atoms with Crippen molar-refractivity contribution in [2.75, 3.05) is 13.2 Å². The minimum atomic E-state index is -3.65. The molecule has 4 nitrogen and oxygen atoms in total. The molecule has 0 heterocycles. The van der Waals surface area contributed by atoms with Crippen LogP contribution in [0.15, 0.2) is 59.5 Å². The Morgan fingerprint density at radius 3 is 2.50 bits per heavy atom. The molecule has 0 aromatic heterocycles. The van der Waals surface area contributed by atoms with Gasteiger partial charge in [-0.3, -0.25) is 0 Å². The Hall–Kier alpha value is -1.47. The van der Waals surface area contributed by atoms with E-state index in [1.807, 2.05) is 13.0 Å². The first-order valence-corrected chi connectivity index (χ1v) is 10.6. The Morgan fingerprint density at radius 2 is 1.92 bits per heavy atom. The molecule has 1 aliphatic carbocycles. The lowest BCUT2D eigenvalue weighted by Crippen LogP contribution is -2.33. The molecule has 1 saturated carbocycles. The summed E-state index contributed by atoms with van der Waals surface area (Å²) in [7, 11) is -3.65. The Labute approximate surface area is 164 Å². The van der Waals surface area contributed by atoms with Gasteiger partial charge >= 0.3 is 0 Å².